The first-order chi connectivity index (χ1) is 8.80. The largest absolute Gasteiger partial charge is 0.443 e. The van der Waals surface area contributed by atoms with E-state index >= 15 is 0 Å². The predicted molar refractivity (Wildman–Crippen MR) is 75.2 cm³/mol. The van der Waals surface area contributed by atoms with Crippen molar-refractivity contribution in [2.75, 3.05) is 11.9 Å². The fourth-order valence-electron chi connectivity index (χ4n) is 1.82. The minimum Gasteiger partial charge on any atom is -0.443 e. The average Bonchev–Trinajstić information content (AvgIpc) is 2.61. The Morgan fingerprint density at radius 1 is 1.32 bits per heavy atom. The van der Waals surface area contributed by atoms with E-state index in [2.05, 4.69) is 15.3 Å². The van der Waals surface area contributed by atoms with Gasteiger partial charge in [0.1, 0.15) is 17.9 Å². The first-order valence-electron chi connectivity index (χ1n) is 6.43. The van der Waals surface area contributed by atoms with Crippen molar-refractivity contribution < 1.29 is 9.52 Å². The van der Waals surface area contributed by atoms with Gasteiger partial charge in [-0.2, -0.15) is 0 Å². The molecule has 0 aliphatic carbocycles. The molecule has 0 saturated carbocycles. The maximum atomic E-state index is 10.1. The Kier molecular flexibility index (Phi) is 3.49. The number of anilines is 1. The number of furan rings is 1. The molecule has 0 bridgehead atoms. The third-order valence-corrected chi connectivity index (χ3v) is 3.43. The number of nitrogens with one attached hydrogen (secondary N) is 1. The second-order valence-corrected chi connectivity index (χ2v) is 5.95. The number of aryl methyl sites for hydroxylation is 2. The lowest BCUT2D eigenvalue weighted by molar-refractivity contribution is 0.0745. The molecule has 2 N–H and O–H groups in total. The maximum Gasteiger partial charge on any atom is 0.231 e. The van der Waals surface area contributed by atoms with Gasteiger partial charge in [-0.25, -0.2) is 9.97 Å². The van der Waals surface area contributed by atoms with Crippen molar-refractivity contribution in [2.45, 2.75) is 40.7 Å². The lowest BCUT2D eigenvalue weighted by atomic mass is 9.89. The third kappa shape index (κ3) is 2.71. The van der Waals surface area contributed by atoms with Gasteiger partial charge in [-0.05, 0) is 19.3 Å². The van der Waals surface area contributed by atoms with E-state index in [0.717, 1.165) is 16.7 Å². The smallest absolute Gasteiger partial charge is 0.231 e. The van der Waals surface area contributed by atoms with Crippen LogP contribution in [0.3, 0.4) is 0 Å². The molecule has 1 atom stereocenters. The summed E-state index contributed by atoms with van der Waals surface area (Å²) in [5, 5.41) is 14.1. The van der Waals surface area contributed by atoms with E-state index in [1.54, 1.807) is 0 Å². The summed E-state index contributed by atoms with van der Waals surface area (Å²) in [5.74, 6) is 1.55. The Hall–Kier alpha value is -1.62. The molecule has 0 radical (unpaired) electrons. The van der Waals surface area contributed by atoms with E-state index in [1.807, 2.05) is 34.6 Å². The molecule has 1 unspecified atom stereocenters. The van der Waals surface area contributed by atoms with Crippen LogP contribution in [-0.2, 0) is 0 Å². The number of aliphatic hydroxyl groups is 1. The van der Waals surface area contributed by atoms with Crippen molar-refractivity contribution >= 4 is 16.9 Å². The van der Waals surface area contributed by atoms with Gasteiger partial charge in [0.05, 0.1) is 11.5 Å². The molecule has 0 saturated heterocycles. The molecular weight excluding hydrogens is 242 g/mol. The summed E-state index contributed by atoms with van der Waals surface area (Å²) in [6.07, 6.45) is 1.02. The van der Waals surface area contributed by atoms with Crippen LogP contribution in [0.4, 0.5) is 5.82 Å². The monoisotopic (exact) mass is 263 g/mol. The van der Waals surface area contributed by atoms with Crippen LogP contribution < -0.4 is 5.32 Å². The summed E-state index contributed by atoms with van der Waals surface area (Å²) in [4.78, 5) is 8.36. The number of nitrogens with zero attached hydrogens (tertiary/aromatic N) is 2. The van der Waals surface area contributed by atoms with Gasteiger partial charge in [0.2, 0.25) is 5.71 Å². The standard InChI is InChI=1S/C14H21N3O2/c1-8-9(2)19-13-11(8)12(16-7-17-13)15-6-10(18)14(3,4)5/h7,10,18H,6H2,1-5H3,(H,15,16,17). The Morgan fingerprint density at radius 3 is 2.63 bits per heavy atom. The molecule has 2 aromatic heterocycles. The van der Waals surface area contributed by atoms with Crippen LogP contribution in [0.1, 0.15) is 32.1 Å². The molecular formula is C14H21N3O2. The molecule has 0 fully saturated rings. The number of aromatic nitrogens is 2. The molecule has 2 aromatic rings. The molecule has 0 amide bonds. The van der Waals surface area contributed by atoms with Crippen LogP contribution in [0.5, 0.6) is 0 Å². The zero-order chi connectivity index (χ0) is 14.2. The quantitative estimate of drug-likeness (QED) is 0.890. The van der Waals surface area contributed by atoms with Crippen molar-refractivity contribution in [1.29, 1.82) is 0 Å². The lowest BCUT2D eigenvalue weighted by Gasteiger charge is -2.26. The zero-order valence-corrected chi connectivity index (χ0v) is 12.1. The normalized spacial score (nSPS) is 13.8. The molecule has 5 heteroatoms. The van der Waals surface area contributed by atoms with Crippen molar-refractivity contribution in [3.05, 3.63) is 17.7 Å². The van der Waals surface area contributed by atoms with Crippen molar-refractivity contribution in [1.82, 2.24) is 9.97 Å². The minimum atomic E-state index is -0.453. The highest BCUT2D eigenvalue weighted by Gasteiger charge is 2.22. The highest BCUT2D eigenvalue weighted by Crippen LogP contribution is 2.28. The van der Waals surface area contributed by atoms with Gasteiger partial charge in [-0.15, -0.1) is 0 Å². The Morgan fingerprint density at radius 2 is 2.00 bits per heavy atom. The first-order valence-corrected chi connectivity index (χ1v) is 6.43. The molecule has 5 nitrogen and oxygen atoms in total. The van der Waals surface area contributed by atoms with Crippen LogP contribution in [0, 0.1) is 19.3 Å². The van der Waals surface area contributed by atoms with Crippen LogP contribution >= 0.6 is 0 Å². The first kappa shape index (κ1) is 13.8. The molecule has 0 aliphatic heterocycles. The van der Waals surface area contributed by atoms with Gasteiger partial charge >= 0.3 is 0 Å². The lowest BCUT2D eigenvalue weighted by Crippen LogP contribution is -2.33. The Bertz CT molecular complexity index is 584. The minimum absolute atomic E-state index is 0.166. The topological polar surface area (TPSA) is 71.2 Å². The van der Waals surface area contributed by atoms with Gasteiger partial charge < -0.3 is 14.8 Å². The van der Waals surface area contributed by atoms with Gasteiger partial charge in [0.25, 0.3) is 0 Å². The Balaban J connectivity index is 2.26. The number of hydrogen-bond acceptors (Lipinski definition) is 5. The number of aliphatic hydroxyl groups excluding tert-OH is 1. The van der Waals surface area contributed by atoms with Crippen LogP contribution in [0.15, 0.2) is 10.7 Å². The fourth-order valence-corrected chi connectivity index (χ4v) is 1.82. The van der Waals surface area contributed by atoms with E-state index in [4.69, 9.17) is 4.42 Å². The van der Waals surface area contributed by atoms with E-state index in [9.17, 15) is 5.11 Å². The molecule has 104 valence electrons. The average molecular weight is 263 g/mol. The summed E-state index contributed by atoms with van der Waals surface area (Å²) in [6, 6.07) is 0. The molecule has 0 aromatic carbocycles. The molecule has 2 heterocycles. The number of rotatable bonds is 3. The van der Waals surface area contributed by atoms with E-state index < -0.39 is 6.10 Å². The van der Waals surface area contributed by atoms with Crippen LogP contribution in [0.2, 0.25) is 0 Å². The third-order valence-electron chi connectivity index (χ3n) is 3.43. The van der Waals surface area contributed by atoms with Crippen LogP contribution in [-0.4, -0.2) is 27.7 Å². The molecule has 0 spiro atoms. The highest BCUT2D eigenvalue weighted by molar-refractivity contribution is 5.89. The van der Waals surface area contributed by atoms with Crippen molar-refractivity contribution in [3.8, 4) is 0 Å². The van der Waals surface area contributed by atoms with Crippen molar-refractivity contribution in [2.24, 2.45) is 5.41 Å². The molecule has 0 aliphatic rings. The van der Waals surface area contributed by atoms with Crippen LogP contribution in [0.25, 0.3) is 11.1 Å². The highest BCUT2D eigenvalue weighted by atomic mass is 16.3. The maximum absolute atomic E-state index is 10.1. The fraction of sp³-hybridized carbons (Fsp3) is 0.571. The predicted octanol–water partition coefficient (Wildman–Crippen LogP) is 2.66. The zero-order valence-electron chi connectivity index (χ0n) is 12.1. The Labute approximate surface area is 113 Å². The summed E-state index contributed by atoms with van der Waals surface area (Å²) in [6.45, 7) is 10.3. The number of fused-ring (bicyclic) bond motifs is 1. The van der Waals surface area contributed by atoms with Crippen molar-refractivity contribution in [3.63, 3.8) is 0 Å². The van der Waals surface area contributed by atoms with E-state index in [-0.39, 0.29) is 5.41 Å². The molecule has 2 rings (SSSR count). The molecule has 19 heavy (non-hydrogen) atoms. The summed E-state index contributed by atoms with van der Waals surface area (Å²) < 4.78 is 5.56. The second-order valence-electron chi connectivity index (χ2n) is 5.95. The van der Waals surface area contributed by atoms with Gasteiger partial charge in [-0.3, -0.25) is 0 Å². The van der Waals surface area contributed by atoms with E-state index in [0.29, 0.717) is 18.1 Å². The summed E-state index contributed by atoms with van der Waals surface area (Å²) in [5.41, 5.74) is 1.45. The summed E-state index contributed by atoms with van der Waals surface area (Å²) in [7, 11) is 0. The van der Waals surface area contributed by atoms with Gasteiger partial charge in [0, 0.05) is 12.1 Å². The number of hydrogen-bond donors (Lipinski definition) is 2. The second kappa shape index (κ2) is 4.81. The summed E-state index contributed by atoms with van der Waals surface area (Å²) >= 11 is 0. The van der Waals surface area contributed by atoms with E-state index in [1.165, 1.54) is 6.33 Å². The van der Waals surface area contributed by atoms with Gasteiger partial charge in [0.15, 0.2) is 0 Å². The SMILES string of the molecule is Cc1oc2ncnc(NCC(O)C(C)(C)C)c2c1C. The van der Waals surface area contributed by atoms with Gasteiger partial charge in [-0.1, -0.05) is 20.8 Å².